The Labute approximate surface area is 92.7 Å². The molecule has 1 aromatic heterocycles. The van der Waals surface area contributed by atoms with Crippen molar-refractivity contribution in [3.63, 3.8) is 0 Å². The van der Waals surface area contributed by atoms with E-state index in [2.05, 4.69) is 15.3 Å². The second-order valence-electron chi connectivity index (χ2n) is 3.84. The summed E-state index contributed by atoms with van der Waals surface area (Å²) in [5.41, 5.74) is 0.890. The number of aliphatic hydroxyl groups is 3. The van der Waals surface area contributed by atoms with Crippen LogP contribution in [0.4, 0.5) is 0 Å². The molecule has 88 valence electrons. The number of hydrogen-bond acceptors (Lipinski definition) is 5. The van der Waals surface area contributed by atoms with Crippen LogP contribution in [-0.2, 0) is 6.54 Å². The van der Waals surface area contributed by atoms with Crippen LogP contribution in [-0.4, -0.2) is 49.6 Å². The fourth-order valence-electron chi connectivity index (χ4n) is 1.67. The van der Waals surface area contributed by atoms with E-state index in [1.165, 1.54) is 6.08 Å². The van der Waals surface area contributed by atoms with Crippen molar-refractivity contribution in [2.75, 3.05) is 0 Å². The summed E-state index contributed by atoms with van der Waals surface area (Å²) in [5, 5.41) is 31.5. The van der Waals surface area contributed by atoms with E-state index in [0.29, 0.717) is 6.54 Å². The fourth-order valence-corrected chi connectivity index (χ4v) is 1.67. The smallest absolute Gasteiger partial charge is 0.111 e. The Morgan fingerprint density at radius 1 is 1.25 bits per heavy atom. The van der Waals surface area contributed by atoms with Crippen LogP contribution in [0, 0.1) is 0 Å². The molecule has 0 radical (unpaired) electrons. The fraction of sp³-hybridized carbons (Fsp3) is 0.500. The molecule has 4 atom stereocenters. The van der Waals surface area contributed by atoms with Gasteiger partial charge in [0.1, 0.15) is 18.3 Å². The van der Waals surface area contributed by atoms with Crippen LogP contribution in [0.3, 0.4) is 0 Å². The van der Waals surface area contributed by atoms with E-state index < -0.39 is 18.3 Å². The molecule has 0 aromatic carbocycles. The molecule has 0 bridgehead atoms. The summed E-state index contributed by atoms with van der Waals surface area (Å²) in [7, 11) is 0. The second kappa shape index (κ2) is 4.75. The zero-order valence-electron chi connectivity index (χ0n) is 8.61. The average molecular weight is 225 g/mol. The molecule has 5 N–H and O–H groups in total. The zero-order chi connectivity index (χ0) is 11.5. The van der Waals surface area contributed by atoms with E-state index in [4.69, 9.17) is 0 Å². The maximum Gasteiger partial charge on any atom is 0.111 e. The Hall–Kier alpha value is -1.21. The maximum atomic E-state index is 9.69. The summed E-state index contributed by atoms with van der Waals surface area (Å²) in [6, 6.07) is -0.373. The van der Waals surface area contributed by atoms with Gasteiger partial charge in [-0.25, -0.2) is 4.98 Å². The third kappa shape index (κ3) is 2.30. The molecule has 0 spiro atoms. The average Bonchev–Trinajstić information content (AvgIpc) is 2.78. The third-order valence-electron chi connectivity index (χ3n) is 2.67. The Balaban J connectivity index is 1.92. The van der Waals surface area contributed by atoms with Gasteiger partial charge in [-0.1, -0.05) is 12.2 Å². The number of aromatic nitrogens is 2. The van der Waals surface area contributed by atoms with Crippen molar-refractivity contribution in [1.82, 2.24) is 15.3 Å². The van der Waals surface area contributed by atoms with Crippen LogP contribution in [0.2, 0.25) is 0 Å². The van der Waals surface area contributed by atoms with E-state index >= 15 is 0 Å². The van der Waals surface area contributed by atoms with Crippen LogP contribution < -0.4 is 5.32 Å². The highest BCUT2D eigenvalue weighted by atomic mass is 16.4. The number of nitrogens with zero attached hydrogens (tertiary/aromatic N) is 1. The van der Waals surface area contributed by atoms with Crippen LogP contribution in [0.25, 0.3) is 0 Å². The van der Waals surface area contributed by atoms with E-state index in [1.807, 2.05) is 0 Å². The molecule has 1 aromatic rings. The number of H-pyrrole nitrogens is 1. The molecule has 2 rings (SSSR count). The lowest BCUT2D eigenvalue weighted by Crippen LogP contribution is -2.51. The maximum absolute atomic E-state index is 9.69. The first kappa shape index (κ1) is 11.3. The minimum absolute atomic E-state index is 0.373. The number of imidazole rings is 1. The molecule has 1 heterocycles. The van der Waals surface area contributed by atoms with Crippen molar-refractivity contribution in [3.05, 3.63) is 30.4 Å². The first-order chi connectivity index (χ1) is 7.68. The van der Waals surface area contributed by atoms with Crippen molar-refractivity contribution < 1.29 is 15.3 Å². The lowest BCUT2D eigenvalue weighted by Gasteiger charge is -2.31. The Morgan fingerprint density at radius 3 is 2.75 bits per heavy atom. The van der Waals surface area contributed by atoms with Gasteiger partial charge in [0.25, 0.3) is 0 Å². The van der Waals surface area contributed by atoms with Gasteiger partial charge in [-0.2, -0.15) is 0 Å². The van der Waals surface area contributed by atoms with Gasteiger partial charge in [-0.3, -0.25) is 0 Å². The topological polar surface area (TPSA) is 101 Å². The second-order valence-corrected chi connectivity index (χ2v) is 3.84. The van der Waals surface area contributed by atoms with Gasteiger partial charge in [0.05, 0.1) is 12.4 Å². The Kier molecular flexibility index (Phi) is 3.35. The SMILES string of the molecule is O[C@@H]1[C@@H](O)[C@H](NCc2cnc[nH]2)C=C[C@H]1O. The molecule has 1 aliphatic rings. The van der Waals surface area contributed by atoms with Crippen molar-refractivity contribution in [1.29, 1.82) is 0 Å². The van der Waals surface area contributed by atoms with Gasteiger partial charge >= 0.3 is 0 Å². The first-order valence-electron chi connectivity index (χ1n) is 5.11. The van der Waals surface area contributed by atoms with Gasteiger partial charge in [0, 0.05) is 18.4 Å². The van der Waals surface area contributed by atoms with Crippen molar-refractivity contribution >= 4 is 0 Å². The molecular formula is C10H15N3O3. The monoisotopic (exact) mass is 225 g/mol. The van der Waals surface area contributed by atoms with E-state index in [1.54, 1.807) is 18.6 Å². The highest BCUT2D eigenvalue weighted by Crippen LogP contribution is 2.13. The summed E-state index contributed by atoms with van der Waals surface area (Å²) in [5.74, 6) is 0. The highest BCUT2D eigenvalue weighted by Gasteiger charge is 2.32. The molecule has 6 heteroatoms. The van der Waals surface area contributed by atoms with Crippen molar-refractivity contribution in [2.24, 2.45) is 0 Å². The lowest BCUT2D eigenvalue weighted by molar-refractivity contribution is -0.0567. The minimum Gasteiger partial charge on any atom is -0.388 e. The molecule has 0 amide bonds. The summed E-state index contributed by atoms with van der Waals surface area (Å²) in [4.78, 5) is 6.79. The summed E-state index contributed by atoms with van der Waals surface area (Å²) in [6.45, 7) is 0.509. The third-order valence-corrected chi connectivity index (χ3v) is 2.67. The van der Waals surface area contributed by atoms with E-state index in [9.17, 15) is 15.3 Å². The van der Waals surface area contributed by atoms with Crippen LogP contribution >= 0.6 is 0 Å². The molecule has 0 saturated heterocycles. The number of aromatic amines is 1. The summed E-state index contributed by atoms with van der Waals surface area (Å²) >= 11 is 0. The highest BCUT2D eigenvalue weighted by molar-refractivity contribution is 5.11. The van der Waals surface area contributed by atoms with Crippen LogP contribution in [0.5, 0.6) is 0 Å². The first-order valence-corrected chi connectivity index (χ1v) is 5.11. The summed E-state index contributed by atoms with van der Waals surface area (Å²) in [6.07, 6.45) is 3.22. The molecule has 0 aliphatic heterocycles. The number of hydrogen-bond donors (Lipinski definition) is 5. The molecule has 0 fully saturated rings. The van der Waals surface area contributed by atoms with Gasteiger partial charge < -0.3 is 25.6 Å². The van der Waals surface area contributed by atoms with Gasteiger partial charge in [-0.05, 0) is 0 Å². The number of aliphatic hydroxyl groups excluding tert-OH is 3. The van der Waals surface area contributed by atoms with Crippen LogP contribution in [0.15, 0.2) is 24.7 Å². The Morgan fingerprint density at radius 2 is 2.06 bits per heavy atom. The molecular weight excluding hydrogens is 210 g/mol. The van der Waals surface area contributed by atoms with Gasteiger partial charge in [-0.15, -0.1) is 0 Å². The van der Waals surface area contributed by atoms with Crippen molar-refractivity contribution in [2.45, 2.75) is 30.9 Å². The van der Waals surface area contributed by atoms with Gasteiger partial charge in [0.15, 0.2) is 0 Å². The van der Waals surface area contributed by atoms with Crippen molar-refractivity contribution in [3.8, 4) is 0 Å². The predicted molar refractivity (Wildman–Crippen MR) is 56.4 cm³/mol. The normalized spacial score (nSPS) is 34.2. The summed E-state index contributed by atoms with van der Waals surface area (Å²) < 4.78 is 0. The largest absolute Gasteiger partial charge is 0.388 e. The molecule has 0 unspecified atom stereocenters. The lowest BCUT2D eigenvalue weighted by atomic mass is 9.94. The predicted octanol–water partition coefficient (Wildman–Crippen LogP) is -1.48. The number of rotatable bonds is 3. The quantitative estimate of drug-likeness (QED) is 0.404. The molecule has 1 aliphatic carbocycles. The Bertz CT molecular complexity index is 352. The van der Waals surface area contributed by atoms with Gasteiger partial charge in [0.2, 0.25) is 0 Å². The standard InChI is InChI=1S/C10H15N3O3/c14-8-2-1-7(9(15)10(8)16)12-4-6-3-11-5-13-6/h1-3,5,7-10,12,14-16H,4H2,(H,11,13)/t7-,8-,9+,10+/m1/s1. The molecule has 6 nitrogen and oxygen atoms in total. The molecule has 0 saturated carbocycles. The molecule has 16 heavy (non-hydrogen) atoms. The van der Waals surface area contributed by atoms with Crippen LogP contribution in [0.1, 0.15) is 5.69 Å². The van der Waals surface area contributed by atoms with E-state index in [0.717, 1.165) is 5.69 Å². The van der Waals surface area contributed by atoms with E-state index in [-0.39, 0.29) is 6.04 Å². The zero-order valence-corrected chi connectivity index (χ0v) is 8.61. The minimum atomic E-state index is -1.15. The number of nitrogens with one attached hydrogen (secondary N) is 2.